The summed E-state index contributed by atoms with van der Waals surface area (Å²) in [5.74, 6) is -2.34. The molecule has 2 aromatic rings. The fraction of sp³-hybridized carbons (Fsp3) is 0.488. The summed E-state index contributed by atoms with van der Waals surface area (Å²) in [4.78, 5) is 70.3. The van der Waals surface area contributed by atoms with Crippen molar-refractivity contribution in [1.82, 2.24) is 15.1 Å². The Labute approximate surface area is 326 Å². The van der Waals surface area contributed by atoms with Crippen molar-refractivity contribution < 1.29 is 47.7 Å². The van der Waals surface area contributed by atoms with Gasteiger partial charge < -0.3 is 38.8 Å². The molecule has 55 heavy (non-hydrogen) atoms. The third-order valence-corrected chi connectivity index (χ3v) is 10.8. The van der Waals surface area contributed by atoms with Gasteiger partial charge in [0.25, 0.3) is 0 Å². The average molecular weight is 780 g/mol. The number of nitrogens with zero attached hydrogens (tertiary/aromatic N) is 2. The Bertz CT molecular complexity index is 1640. The topological polar surface area (TPSA) is 150 Å². The predicted molar refractivity (Wildman–Crippen MR) is 210 cm³/mol. The number of esters is 2. The lowest BCUT2D eigenvalue weighted by Crippen LogP contribution is -2.56. The molecule has 1 aliphatic rings. The third-order valence-electron chi connectivity index (χ3n) is 9.08. The quantitative estimate of drug-likeness (QED) is 0.0253. The monoisotopic (exact) mass is 779 g/mol. The molecule has 3 amide bonds. The molecule has 0 aliphatic carbocycles. The molecule has 0 saturated carbocycles. The van der Waals surface area contributed by atoms with Crippen LogP contribution in [0.1, 0.15) is 44.2 Å². The molecule has 3 atom stereocenters. The van der Waals surface area contributed by atoms with E-state index >= 15 is 0 Å². The van der Waals surface area contributed by atoms with E-state index in [9.17, 15) is 24.0 Å². The van der Waals surface area contributed by atoms with E-state index in [1.54, 1.807) is 24.3 Å². The first-order valence-corrected chi connectivity index (χ1v) is 22.2. The second kappa shape index (κ2) is 21.2. The number of likely N-dealkylation sites (tertiary alicyclic amines) is 1. The summed E-state index contributed by atoms with van der Waals surface area (Å²) < 4.78 is 26.8. The number of amides is 3. The summed E-state index contributed by atoms with van der Waals surface area (Å²) in [6.45, 7) is 18.3. The van der Waals surface area contributed by atoms with Gasteiger partial charge in [-0.05, 0) is 54.5 Å². The molecule has 0 radical (unpaired) electrons. The minimum absolute atomic E-state index is 0.0325. The van der Waals surface area contributed by atoms with Gasteiger partial charge >= 0.3 is 18.0 Å². The van der Waals surface area contributed by atoms with Crippen molar-refractivity contribution in [1.29, 1.82) is 0 Å². The number of alkyl carbamates (subject to hydrolysis) is 1. The third kappa shape index (κ3) is 14.3. The van der Waals surface area contributed by atoms with Gasteiger partial charge in [-0.2, -0.15) is 0 Å². The largest absolute Gasteiger partial charge is 0.497 e. The maximum absolute atomic E-state index is 14.3. The molecule has 1 saturated heterocycles. The highest BCUT2D eigenvalue weighted by atomic mass is 28.3. The average Bonchev–Trinajstić information content (AvgIpc) is 3.64. The van der Waals surface area contributed by atoms with Crippen molar-refractivity contribution in [2.24, 2.45) is 5.92 Å². The minimum atomic E-state index is -1.33. The minimum Gasteiger partial charge on any atom is -0.497 e. The van der Waals surface area contributed by atoms with Crippen molar-refractivity contribution in [3.63, 3.8) is 0 Å². The van der Waals surface area contributed by atoms with Crippen LogP contribution in [0.4, 0.5) is 4.79 Å². The molecule has 1 heterocycles. The van der Waals surface area contributed by atoms with Crippen molar-refractivity contribution >= 4 is 37.9 Å². The van der Waals surface area contributed by atoms with Gasteiger partial charge in [-0.25, -0.2) is 14.4 Å². The molecule has 2 aromatic carbocycles. The van der Waals surface area contributed by atoms with Crippen LogP contribution < -0.4 is 10.1 Å². The zero-order chi connectivity index (χ0) is 40.7. The van der Waals surface area contributed by atoms with Crippen molar-refractivity contribution in [3.05, 3.63) is 90.2 Å². The first-order valence-electron chi connectivity index (χ1n) is 18.5. The molecule has 0 spiro atoms. The van der Waals surface area contributed by atoms with Crippen LogP contribution in [0, 0.1) is 5.92 Å². The molecule has 1 N–H and O–H groups in total. The molecule has 14 heteroatoms. The molecule has 300 valence electrons. The van der Waals surface area contributed by atoms with Crippen LogP contribution in [0.15, 0.2) is 79.1 Å². The number of carbonyl (C=O) groups excluding carboxylic acids is 5. The predicted octanol–water partition coefficient (Wildman–Crippen LogP) is 5.87. The summed E-state index contributed by atoms with van der Waals surface area (Å²) in [5, 5.41) is 2.71. The molecular formula is C41H57N3O10Si. The van der Waals surface area contributed by atoms with E-state index in [1.807, 2.05) is 44.2 Å². The lowest BCUT2D eigenvalue weighted by Gasteiger charge is -2.34. The summed E-state index contributed by atoms with van der Waals surface area (Å²) in [5.41, 5.74) is 1.21. The Hall–Kier alpha value is -4.95. The summed E-state index contributed by atoms with van der Waals surface area (Å²) >= 11 is 0. The molecule has 1 aliphatic heterocycles. The molecular weight excluding hydrogens is 723 g/mol. The van der Waals surface area contributed by atoms with E-state index in [1.165, 1.54) is 24.0 Å². The number of rotatable bonds is 20. The van der Waals surface area contributed by atoms with Crippen LogP contribution in [0.5, 0.6) is 5.75 Å². The molecule has 13 nitrogen and oxygen atoms in total. The van der Waals surface area contributed by atoms with Crippen LogP contribution >= 0.6 is 0 Å². The summed E-state index contributed by atoms with van der Waals surface area (Å²) in [6.07, 6.45) is 0.492. The Kier molecular flexibility index (Phi) is 17.1. The number of hydrogen-bond acceptors (Lipinski definition) is 10. The highest BCUT2D eigenvalue weighted by Crippen LogP contribution is 2.25. The van der Waals surface area contributed by atoms with Gasteiger partial charge in [-0.1, -0.05) is 89.1 Å². The smallest absolute Gasteiger partial charge is 0.408 e. The second-order valence-corrected chi connectivity index (χ2v) is 20.8. The standard InChI is InChI=1S/C41H57N3O10Si/c1-28(2)24-34(42-41(49)52-26-32-14-11-10-12-15-32)37(45)44-21-13-16-35(44)38(46)43(5)36(25-31-17-19-33(50-6)20-18-31)40(48)54-30(4)29(3)39(47)53-27-51-22-23-55(7,8)9/h10-12,14-15,17-20,28,34-36H,3-4,13,16,21-27H2,1-2,5-9H3,(H,42,49)/t34-,35-,36-/m0/s1. The number of hydrogen-bond donors (Lipinski definition) is 1. The molecule has 0 aromatic heterocycles. The maximum Gasteiger partial charge on any atom is 0.408 e. The van der Waals surface area contributed by atoms with E-state index in [-0.39, 0.29) is 43.6 Å². The zero-order valence-electron chi connectivity index (χ0n) is 33.3. The van der Waals surface area contributed by atoms with Gasteiger partial charge in [0, 0.05) is 34.7 Å². The highest BCUT2D eigenvalue weighted by Gasteiger charge is 2.42. The second-order valence-electron chi connectivity index (χ2n) is 15.2. The van der Waals surface area contributed by atoms with Crippen LogP contribution in [-0.4, -0.2) is 99.9 Å². The van der Waals surface area contributed by atoms with Crippen LogP contribution in [-0.2, 0) is 51.2 Å². The van der Waals surface area contributed by atoms with Gasteiger partial charge in [0.05, 0.1) is 12.7 Å². The number of nitrogens with one attached hydrogen (secondary N) is 1. The normalized spacial score (nSPS) is 15.1. The maximum atomic E-state index is 14.3. The van der Waals surface area contributed by atoms with Gasteiger partial charge in [-0.3, -0.25) is 9.59 Å². The summed E-state index contributed by atoms with van der Waals surface area (Å²) in [7, 11) is 1.67. The van der Waals surface area contributed by atoms with E-state index in [2.05, 4.69) is 38.1 Å². The first kappa shape index (κ1) is 44.4. The van der Waals surface area contributed by atoms with Crippen LogP contribution in [0.25, 0.3) is 0 Å². The number of ether oxygens (including phenoxy) is 5. The SMILES string of the molecule is C=C(OC(=O)[C@H](Cc1ccc(OC)cc1)N(C)C(=O)[C@@H]1CCCN1C(=O)[C@H](CC(C)C)NC(=O)OCc1ccccc1)C(=C)C(=O)OCOCC[Si](C)(C)C. The molecule has 1 fully saturated rings. The van der Waals surface area contributed by atoms with Gasteiger partial charge in [-0.15, -0.1) is 0 Å². The number of methoxy groups -OCH3 is 1. The Morgan fingerprint density at radius 1 is 0.964 bits per heavy atom. The van der Waals surface area contributed by atoms with E-state index in [4.69, 9.17) is 23.7 Å². The molecule has 0 bridgehead atoms. The van der Waals surface area contributed by atoms with Crippen LogP contribution in [0.3, 0.4) is 0 Å². The fourth-order valence-corrected chi connectivity index (χ4v) is 6.58. The van der Waals surface area contributed by atoms with Gasteiger partial charge in [0.1, 0.15) is 36.2 Å². The fourth-order valence-electron chi connectivity index (χ4n) is 5.82. The van der Waals surface area contributed by atoms with Crippen molar-refractivity contribution in [2.45, 2.75) is 89.9 Å². The lowest BCUT2D eigenvalue weighted by atomic mass is 10.0. The Balaban J connectivity index is 1.75. The van der Waals surface area contributed by atoms with Gasteiger partial charge in [0.15, 0.2) is 6.79 Å². The van der Waals surface area contributed by atoms with E-state index in [0.717, 1.165) is 11.6 Å². The summed E-state index contributed by atoms with van der Waals surface area (Å²) in [6, 6.07) is 14.0. The Morgan fingerprint density at radius 2 is 1.64 bits per heavy atom. The van der Waals surface area contributed by atoms with Gasteiger partial charge in [0.2, 0.25) is 11.8 Å². The van der Waals surface area contributed by atoms with E-state index < -0.39 is 56.0 Å². The van der Waals surface area contributed by atoms with Crippen LogP contribution in [0.2, 0.25) is 25.7 Å². The van der Waals surface area contributed by atoms with E-state index in [0.29, 0.717) is 37.2 Å². The van der Waals surface area contributed by atoms with Crippen molar-refractivity contribution in [3.8, 4) is 5.75 Å². The number of benzene rings is 2. The van der Waals surface area contributed by atoms with Crippen molar-refractivity contribution in [2.75, 3.05) is 34.1 Å². The Morgan fingerprint density at radius 3 is 2.25 bits per heavy atom. The lowest BCUT2D eigenvalue weighted by molar-refractivity contribution is -0.155. The molecule has 3 rings (SSSR count). The molecule has 0 unspecified atom stereocenters. The highest BCUT2D eigenvalue weighted by molar-refractivity contribution is 6.76. The first-order chi connectivity index (χ1) is 26.0. The number of likely N-dealkylation sites (N-methyl/N-ethyl adjacent to an activating group) is 1. The zero-order valence-corrected chi connectivity index (χ0v) is 34.3. The number of carbonyl (C=O) groups is 5.